The molecule has 3 rings (SSSR count). The van der Waals surface area contributed by atoms with Crippen molar-refractivity contribution < 1.29 is 9.90 Å². The molecule has 0 bridgehead atoms. The fraction of sp³-hybridized carbons (Fsp3) is 0.818. The average molecular weight is 408 g/mol. The molecular weight excluding hydrogens is 370 g/mol. The van der Waals surface area contributed by atoms with Gasteiger partial charge in [0, 0.05) is 36.9 Å². The van der Waals surface area contributed by atoms with Gasteiger partial charge in [0.05, 0.1) is 16.8 Å². The molecule has 5 nitrogen and oxygen atoms in total. The molecule has 1 aromatic rings. The van der Waals surface area contributed by atoms with Crippen molar-refractivity contribution >= 4 is 17.2 Å². The van der Waals surface area contributed by atoms with Gasteiger partial charge in [0.15, 0.2) is 0 Å². The molecule has 0 saturated heterocycles. The third kappa shape index (κ3) is 3.88. The first-order valence-electron chi connectivity index (χ1n) is 10.6. The molecule has 0 radical (unpaired) electrons. The Balaban J connectivity index is 1.77. The summed E-state index contributed by atoms with van der Waals surface area (Å²) in [5, 5.41) is 12.6. The van der Waals surface area contributed by atoms with Crippen molar-refractivity contribution in [1.29, 1.82) is 0 Å². The Morgan fingerprint density at radius 2 is 2.04 bits per heavy atom. The first-order valence-corrected chi connectivity index (χ1v) is 11.4. The lowest BCUT2D eigenvalue weighted by Gasteiger charge is -2.53. The van der Waals surface area contributed by atoms with Crippen LogP contribution in [0.3, 0.4) is 0 Å². The zero-order chi connectivity index (χ0) is 20.8. The molecule has 1 saturated carbocycles. The molecule has 1 fully saturated rings. The summed E-state index contributed by atoms with van der Waals surface area (Å²) in [6.07, 6.45) is 2.55. The van der Waals surface area contributed by atoms with Crippen molar-refractivity contribution in [2.24, 2.45) is 23.2 Å². The van der Waals surface area contributed by atoms with Gasteiger partial charge in [-0.05, 0) is 57.5 Å². The van der Waals surface area contributed by atoms with Crippen LogP contribution < -0.4 is 0 Å². The molecule has 2 aliphatic carbocycles. The SMILES string of the molecule is Cc1nc2c(s1)CC1(C)CCC(C(C)C(=O)N(C)CCN(C)C)C(O)C1C2C. The van der Waals surface area contributed by atoms with Gasteiger partial charge in [-0.1, -0.05) is 20.8 Å². The van der Waals surface area contributed by atoms with E-state index >= 15 is 0 Å². The van der Waals surface area contributed by atoms with Crippen LogP contribution >= 0.6 is 11.3 Å². The lowest BCUT2D eigenvalue weighted by atomic mass is 9.53. The Kier molecular flexibility index (Phi) is 6.23. The quantitative estimate of drug-likeness (QED) is 0.815. The molecule has 6 atom stereocenters. The maximum Gasteiger partial charge on any atom is 0.225 e. The van der Waals surface area contributed by atoms with Crippen LogP contribution in [0.2, 0.25) is 0 Å². The zero-order valence-corrected chi connectivity index (χ0v) is 19.3. The van der Waals surface area contributed by atoms with Crippen LogP contribution in [0.25, 0.3) is 0 Å². The minimum Gasteiger partial charge on any atom is -0.392 e. The normalized spacial score (nSPS) is 33.3. The second-order valence-corrected chi connectivity index (χ2v) is 11.0. The molecule has 0 aliphatic heterocycles. The van der Waals surface area contributed by atoms with E-state index in [2.05, 4.69) is 25.7 Å². The van der Waals surface area contributed by atoms with Crippen molar-refractivity contribution in [1.82, 2.24) is 14.8 Å². The van der Waals surface area contributed by atoms with E-state index in [1.807, 2.05) is 44.3 Å². The van der Waals surface area contributed by atoms with Crippen LogP contribution in [-0.2, 0) is 11.2 Å². The minimum absolute atomic E-state index is 0.0242. The monoisotopic (exact) mass is 407 g/mol. The Bertz CT molecular complexity index is 719. The van der Waals surface area contributed by atoms with Gasteiger partial charge in [0.1, 0.15) is 0 Å². The van der Waals surface area contributed by atoms with E-state index in [1.165, 1.54) is 10.6 Å². The number of amides is 1. The highest BCUT2D eigenvalue weighted by Gasteiger charge is 2.53. The number of hydrogen-bond acceptors (Lipinski definition) is 5. The number of carbonyl (C=O) groups excluding carboxylic acids is 1. The average Bonchev–Trinajstić information content (AvgIpc) is 2.98. The minimum atomic E-state index is -0.454. The number of aliphatic hydroxyl groups is 1. The number of thiazole rings is 1. The first-order chi connectivity index (χ1) is 13.0. The van der Waals surface area contributed by atoms with Gasteiger partial charge in [-0.2, -0.15) is 0 Å². The largest absolute Gasteiger partial charge is 0.392 e. The van der Waals surface area contributed by atoms with Crippen LogP contribution in [0.15, 0.2) is 0 Å². The second-order valence-electron chi connectivity index (χ2n) is 9.73. The molecule has 1 N–H and O–H groups in total. The van der Waals surface area contributed by atoms with Gasteiger partial charge in [0.2, 0.25) is 5.91 Å². The summed E-state index contributed by atoms with van der Waals surface area (Å²) in [5.41, 5.74) is 1.28. The van der Waals surface area contributed by atoms with Gasteiger partial charge in [0.25, 0.3) is 0 Å². The highest BCUT2D eigenvalue weighted by Crippen LogP contribution is 2.57. The fourth-order valence-corrected chi connectivity index (χ4v) is 6.90. The predicted octanol–water partition coefficient (Wildman–Crippen LogP) is 3.16. The van der Waals surface area contributed by atoms with Crippen molar-refractivity contribution in [2.75, 3.05) is 34.2 Å². The van der Waals surface area contributed by atoms with Gasteiger partial charge in [-0.25, -0.2) is 4.98 Å². The Labute approximate surface area is 174 Å². The summed E-state index contributed by atoms with van der Waals surface area (Å²) < 4.78 is 0. The van der Waals surface area contributed by atoms with Crippen molar-refractivity contribution in [3.63, 3.8) is 0 Å². The molecule has 28 heavy (non-hydrogen) atoms. The fourth-order valence-electron chi connectivity index (χ4n) is 5.66. The molecular formula is C22H37N3O2S. The molecule has 158 valence electrons. The number of carbonyl (C=O) groups is 1. The van der Waals surface area contributed by atoms with E-state index < -0.39 is 6.10 Å². The highest BCUT2D eigenvalue weighted by molar-refractivity contribution is 7.11. The lowest BCUT2D eigenvalue weighted by molar-refractivity contribution is -0.143. The molecule has 1 aromatic heterocycles. The standard InChI is InChI=1S/C22H37N3O2S/c1-13(21(27)25(7)11-10-24(5)6)16-8-9-22(4)12-17-19(23-15(3)28-17)14(2)18(22)20(16)26/h13-14,16,18,20,26H,8-12H2,1-7H3. The maximum absolute atomic E-state index is 13.0. The number of rotatable bonds is 5. The van der Waals surface area contributed by atoms with E-state index in [4.69, 9.17) is 4.98 Å². The zero-order valence-electron chi connectivity index (χ0n) is 18.5. The highest BCUT2D eigenvalue weighted by atomic mass is 32.1. The van der Waals surface area contributed by atoms with E-state index in [0.29, 0.717) is 0 Å². The molecule has 1 amide bonds. The Hall–Kier alpha value is -0.980. The topological polar surface area (TPSA) is 56.7 Å². The van der Waals surface area contributed by atoms with E-state index in [0.717, 1.165) is 37.4 Å². The summed E-state index contributed by atoms with van der Waals surface area (Å²) in [5.74, 6) is 0.435. The molecule has 0 aromatic carbocycles. The Morgan fingerprint density at radius 3 is 2.68 bits per heavy atom. The van der Waals surface area contributed by atoms with Crippen LogP contribution in [0, 0.1) is 30.1 Å². The smallest absolute Gasteiger partial charge is 0.225 e. The Morgan fingerprint density at radius 1 is 1.36 bits per heavy atom. The van der Waals surface area contributed by atoms with Gasteiger partial charge in [-0.3, -0.25) is 4.79 Å². The van der Waals surface area contributed by atoms with Crippen LogP contribution in [0.1, 0.15) is 55.1 Å². The van der Waals surface area contributed by atoms with Gasteiger partial charge < -0.3 is 14.9 Å². The maximum atomic E-state index is 13.0. The summed E-state index contributed by atoms with van der Waals surface area (Å²) in [6, 6.07) is 0. The summed E-state index contributed by atoms with van der Waals surface area (Å²) in [7, 11) is 5.92. The van der Waals surface area contributed by atoms with Crippen molar-refractivity contribution in [3.05, 3.63) is 15.6 Å². The third-order valence-electron chi connectivity index (χ3n) is 7.32. The molecule has 6 unspecified atom stereocenters. The molecule has 2 aliphatic rings. The summed E-state index contributed by atoms with van der Waals surface area (Å²) in [4.78, 5) is 23.1. The number of fused-ring (bicyclic) bond motifs is 2. The predicted molar refractivity (Wildman–Crippen MR) is 115 cm³/mol. The van der Waals surface area contributed by atoms with Crippen molar-refractivity contribution in [2.45, 2.75) is 59.0 Å². The van der Waals surface area contributed by atoms with Crippen LogP contribution in [0.5, 0.6) is 0 Å². The number of hydrogen-bond donors (Lipinski definition) is 1. The second kappa shape index (κ2) is 8.04. The molecule has 6 heteroatoms. The number of likely N-dealkylation sites (N-methyl/N-ethyl adjacent to an activating group) is 2. The van der Waals surface area contributed by atoms with Crippen LogP contribution in [0.4, 0.5) is 0 Å². The lowest BCUT2D eigenvalue weighted by Crippen LogP contribution is -2.53. The summed E-state index contributed by atoms with van der Waals surface area (Å²) in [6.45, 7) is 10.2. The van der Waals surface area contributed by atoms with Gasteiger partial charge >= 0.3 is 0 Å². The van der Waals surface area contributed by atoms with Crippen LogP contribution in [-0.4, -0.2) is 66.1 Å². The number of aromatic nitrogens is 1. The third-order valence-corrected chi connectivity index (χ3v) is 8.31. The number of aliphatic hydroxyl groups excluding tert-OH is 1. The van der Waals surface area contributed by atoms with Crippen molar-refractivity contribution in [3.8, 4) is 0 Å². The van der Waals surface area contributed by atoms with E-state index in [9.17, 15) is 9.90 Å². The first kappa shape index (κ1) is 21.7. The van der Waals surface area contributed by atoms with E-state index in [1.54, 1.807) is 0 Å². The molecule has 1 heterocycles. The number of aryl methyl sites for hydroxylation is 1. The summed E-state index contributed by atoms with van der Waals surface area (Å²) >= 11 is 1.82. The van der Waals surface area contributed by atoms with Gasteiger partial charge in [-0.15, -0.1) is 11.3 Å². The van der Waals surface area contributed by atoms with E-state index in [-0.39, 0.29) is 35.0 Å². The number of nitrogens with zero attached hydrogens (tertiary/aromatic N) is 3. The molecule has 0 spiro atoms.